The molecule has 2 heterocycles. The van der Waals surface area contributed by atoms with E-state index in [2.05, 4.69) is 6.07 Å². The van der Waals surface area contributed by atoms with Crippen LogP contribution in [0, 0.1) is 13.8 Å². The summed E-state index contributed by atoms with van der Waals surface area (Å²) in [6.07, 6.45) is 1.46. The van der Waals surface area contributed by atoms with Gasteiger partial charge in [0, 0.05) is 18.8 Å². The van der Waals surface area contributed by atoms with E-state index in [4.69, 9.17) is 4.42 Å². The molecule has 1 saturated heterocycles. The van der Waals surface area contributed by atoms with Crippen LogP contribution in [0.3, 0.4) is 0 Å². The number of carbonyl (C=O) groups excluding carboxylic acids is 2. The molecule has 1 aliphatic rings. The first-order valence-electron chi connectivity index (χ1n) is 7.72. The molecular weight excluding hydrogens is 292 g/mol. The van der Waals surface area contributed by atoms with Crippen molar-refractivity contribution in [3.8, 4) is 0 Å². The lowest BCUT2D eigenvalue weighted by Crippen LogP contribution is -2.57. The van der Waals surface area contributed by atoms with E-state index in [0.29, 0.717) is 13.1 Å². The van der Waals surface area contributed by atoms with Gasteiger partial charge in [0.1, 0.15) is 6.04 Å². The van der Waals surface area contributed by atoms with Gasteiger partial charge in [-0.1, -0.05) is 17.7 Å². The number of carbonyl (C=O) groups is 2. The predicted octanol–water partition coefficient (Wildman–Crippen LogP) is 2.77. The number of hydrogen-bond acceptors (Lipinski definition) is 3. The van der Waals surface area contributed by atoms with Crippen LogP contribution in [0.2, 0.25) is 0 Å². The first kappa shape index (κ1) is 15.3. The van der Waals surface area contributed by atoms with Crippen molar-refractivity contribution < 1.29 is 14.0 Å². The maximum absolute atomic E-state index is 12.7. The lowest BCUT2D eigenvalue weighted by molar-refractivity contribution is -0.124. The minimum atomic E-state index is -0.512. The molecule has 120 valence electrons. The Bertz CT molecular complexity index is 737. The Labute approximate surface area is 135 Å². The lowest BCUT2D eigenvalue weighted by Gasteiger charge is -2.39. The van der Waals surface area contributed by atoms with Crippen molar-refractivity contribution in [2.45, 2.75) is 26.8 Å². The van der Waals surface area contributed by atoms with Gasteiger partial charge in [-0.2, -0.15) is 0 Å². The van der Waals surface area contributed by atoms with Crippen LogP contribution in [-0.4, -0.2) is 35.8 Å². The number of anilines is 1. The van der Waals surface area contributed by atoms with Crippen molar-refractivity contribution in [2.75, 3.05) is 18.0 Å². The van der Waals surface area contributed by atoms with Crippen molar-refractivity contribution >= 4 is 17.5 Å². The fourth-order valence-electron chi connectivity index (χ4n) is 3.04. The molecule has 1 aromatic heterocycles. The molecule has 0 spiro atoms. The molecule has 2 amide bonds. The number of furan rings is 1. The summed E-state index contributed by atoms with van der Waals surface area (Å²) in [5, 5.41) is 0. The maximum atomic E-state index is 12.7. The first-order chi connectivity index (χ1) is 11.0. The molecule has 1 aliphatic heterocycles. The SMILES string of the molecule is Cc1ccc(N2CCN(C(=O)c3ccco3)[C@@H](C)C2=O)c(C)c1. The second kappa shape index (κ2) is 5.91. The molecule has 0 radical (unpaired) electrons. The van der Waals surface area contributed by atoms with Crippen LogP contribution in [0.4, 0.5) is 5.69 Å². The summed E-state index contributed by atoms with van der Waals surface area (Å²) >= 11 is 0. The van der Waals surface area contributed by atoms with Crippen LogP contribution >= 0.6 is 0 Å². The van der Waals surface area contributed by atoms with Gasteiger partial charge >= 0.3 is 0 Å². The van der Waals surface area contributed by atoms with Crippen LogP contribution in [0.1, 0.15) is 28.6 Å². The van der Waals surface area contributed by atoms with Crippen molar-refractivity contribution in [1.29, 1.82) is 0 Å². The standard InChI is InChI=1S/C18H20N2O3/c1-12-6-7-15(13(2)11-12)20-9-8-19(14(3)17(20)21)18(22)16-5-4-10-23-16/h4-7,10-11,14H,8-9H2,1-3H3/t14-/m0/s1. The summed E-state index contributed by atoms with van der Waals surface area (Å²) < 4.78 is 5.16. The average molecular weight is 312 g/mol. The minimum Gasteiger partial charge on any atom is -0.459 e. The molecule has 2 aromatic rings. The van der Waals surface area contributed by atoms with E-state index in [-0.39, 0.29) is 17.6 Å². The van der Waals surface area contributed by atoms with Gasteiger partial charge in [0.05, 0.1) is 6.26 Å². The van der Waals surface area contributed by atoms with Crippen molar-refractivity contribution in [3.63, 3.8) is 0 Å². The maximum Gasteiger partial charge on any atom is 0.290 e. The van der Waals surface area contributed by atoms with E-state index in [1.807, 2.05) is 26.0 Å². The number of benzene rings is 1. The summed E-state index contributed by atoms with van der Waals surface area (Å²) in [5.41, 5.74) is 3.15. The second-order valence-corrected chi connectivity index (χ2v) is 5.93. The van der Waals surface area contributed by atoms with E-state index < -0.39 is 6.04 Å². The van der Waals surface area contributed by atoms with Crippen LogP contribution < -0.4 is 4.90 Å². The van der Waals surface area contributed by atoms with Crippen molar-refractivity contribution in [3.05, 3.63) is 53.5 Å². The Balaban J connectivity index is 1.82. The van der Waals surface area contributed by atoms with Crippen molar-refractivity contribution in [1.82, 2.24) is 4.90 Å². The lowest BCUT2D eigenvalue weighted by atomic mass is 10.1. The third kappa shape index (κ3) is 2.74. The third-order valence-corrected chi connectivity index (χ3v) is 4.29. The van der Waals surface area contributed by atoms with Crippen LogP contribution in [0.5, 0.6) is 0 Å². The fourth-order valence-corrected chi connectivity index (χ4v) is 3.04. The van der Waals surface area contributed by atoms with Gasteiger partial charge in [0.25, 0.3) is 5.91 Å². The van der Waals surface area contributed by atoms with E-state index in [1.54, 1.807) is 28.9 Å². The average Bonchev–Trinajstić information content (AvgIpc) is 3.04. The summed E-state index contributed by atoms with van der Waals surface area (Å²) in [5.74, 6) is -0.0381. The molecular formula is C18H20N2O3. The summed E-state index contributed by atoms with van der Waals surface area (Å²) in [6.45, 7) is 6.76. The number of aryl methyl sites for hydroxylation is 2. The highest BCUT2D eigenvalue weighted by molar-refractivity contribution is 6.03. The van der Waals surface area contributed by atoms with Gasteiger partial charge < -0.3 is 14.2 Å². The van der Waals surface area contributed by atoms with Crippen LogP contribution in [0.25, 0.3) is 0 Å². The fraction of sp³-hybridized carbons (Fsp3) is 0.333. The monoisotopic (exact) mass is 312 g/mol. The van der Waals surface area contributed by atoms with Crippen LogP contribution in [0.15, 0.2) is 41.0 Å². The van der Waals surface area contributed by atoms with Gasteiger partial charge in [-0.15, -0.1) is 0 Å². The Morgan fingerprint density at radius 3 is 2.65 bits per heavy atom. The quantitative estimate of drug-likeness (QED) is 0.857. The Morgan fingerprint density at radius 1 is 1.22 bits per heavy atom. The van der Waals surface area contributed by atoms with Crippen molar-refractivity contribution in [2.24, 2.45) is 0 Å². The highest BCUT2D eigenvalue weighted by Gasteiger charge is 2.36. The van der Waals surface area contributed by atoms with Gasteiger partial charge in [0.2, 0.25) is 5.91 Å². The highest BCUT2D eigenvalue weighted by atomic mass is 16.3. The van der Waals surface area contributed by atoms with Gasteiger partial charge in [-0.05, 0) is 44.5 Å². The Morgan fingerprint density at radius 2 is 2.00 bits per heavy atom. The van der Waals surface area contributed by atoms with E-state index in [0.717, 1.165) is 11.3 Å². The molecule has 0 bridgehead atoms. The van der Waals surface area contributed by atoms with E-state index in [1.165, 1.54) is 11.8 Å². The zero-order chi connectivity index (χ0) is 16.6. The molecule has 0 aliphatic carbocycles. The van der Waals surface area contributed by atoms with Crippen LogP contribution in [-0.2, 0) is 4.79 Å². The number of piperazine rings is 1. The van der Waals surface area contributed by atoms with E-state index in [9.17, 15) is 9.59 Å². The van der Waals surface area contributed by atoms with Gasteiger partial charge in [-0.3, -0.25) is 9.59 Å². The molecule has 1 atom stereocenters. The number of nitrogens with zero attached hydrogens (tertiary/aromatic N) is 2. The molecule has 23 heavy (non-hydrogen) atoms. The van der Waals surface area contributed by atoms with E-state index >= 15 is 0 Å². The summed E-state index contributed by atoms with van der Waals surface area (Å²) in [6, 6.07) is 8.82. The number of hydrogen-bond donors (Lipinski definition) is 0. The van der Waals surface area contributed by atoms with Gasteiger partial charge in [-0.25, -0.2) is 0 Å². The normalized spacial score (nSPS) is 18.4. The molecule has 0 N–H and O–H groups in total. The second-order valence-electron chi connectivity index (χ2n) is 5.93. The Kier molecular flexibility index (Phi) is 3.94. The Hall–Kier alpha value is -2.56. The predicted molar refractivity (Wildman–Crippen MR) is 87.5 cm³/mol. The third-order valence-electron chi connectivity index (χ3n) is 4.29. The zero-order valence-electron chi connectivity index (χ0n) is 13.6. The highest BCUT2D eigenvalue weighted by Crippen LogP contribution is 2.25. The number of rotatable bonds is 2. The first-order valence-corrected chi connectivity index (χ1v) is 7.72. The largest absolute Gasteiger partial charge is 0.459 e. The number of amides is 2. The minimum absolute atomic E-state index is 0.0666. The summed E-state index contributed by atoms with van der Waals surface area (Å²) in [7, 11) is 0. The molecule has 1 aromatic carbocycles. The zero-order valence-corrected chi connectivity index (χ0v) is 13.6. The molecule has 5 nitrogen and oxygen atoms in total. The topological polar surface area (TPSA) is 53.8 Å². The molecule has 1 fully saturated rings. The summed E-state index contributed by atoms with van der Waals surface area (Å²) in [4.78, 5) is 28.5. The smallest absolute Gasteiger partial charge is 0.290 e. The molecule has 5 heteroatoms. The molecule has 0 unspecified atom stereocenters. The molecule has 3 rings (SSSR count). The van der Waals surface area contributed by atoms with Gasteiger partial charge in [0.15, 0.2) is 5.76 Å². The molecule has 0 saturated carbocycles.